The molecule has 3 heterocycles. The zero-order chi connectivity index (χ0) is 94.6. The zero-order valence-electron chi connectivity index (χ0n) is 79.3. The van der Waals surface area contributed by atoms with Crippen molar-refractivity contribution in [3.63, 3.8) is 0 Å². The summed E-state index contributed by atoms with van der Waals surface area (Å²) in [5.74, 6) is 2.21. The van der Waals surface area contributed by atoms with Crippen molar-refractivity contribution in [1.29, 1.82) is 0 Å². The van der Waals surface area contributed by atoms with Crippen LogP contribution in [0.4, 0.5) is 0 Å². The van der Waals surface area contributed by atoms with E-state index in [0.717, 1.165) is 113 Å². The second kappa shape index (κ2) is 90.6. The molecule has 10 N–H and O–H groups in total. The molecule has 2 saturated carbocycles. The molecule has 5 fully saturated rings. The molecule has 2 aliphatic carbocycles. The summed E-state index contributed by atoms with van der Waals surface area (Å²) in [6.07, 6.45) is 12.7. The fourth-order valence-corrected chi connectivity index (χ4v) is 13.7. The fraction of sp³-hybridized carbons (Fsp3) is 0.814. The molecule has 0 aromatic heterocycles. The molecule has 14 amide bonds. The van der Waals surface area contributed by atoms with Gasteiger partial charge in [-0.25, -0.2) is 0 Å². The van der Waals surface area contributed by atoms with E-state index in [1.165, 1.54) is 72.9 Å². The fourth-order valence-electron chi connectivity index (χ4n) is 10.8. The van der Waals surface area contributed by atoms with Gasteiger partial charge >= 0.3 is 0 Å². The lowest BCUT2D eigenvalue weighted by atomic mass is 9.80. The van der Waals surface area contributed by atoms with E-state index in [9.17, 15) is 76.7 Å². The SMILES string of the molecule is CCC.CCNC.CCNC(=O)C1CCC(CC)CC1.CCNC(=O)C1CCC(CN2C(=O)CC(SCC)C2=O)CC1.CCNC(=O)CC.CCNC(=O)CC.CCNC(=O)CC(C)=O.CCNC(=O)CN1C(=O)CC(SCC)C1=O.CCNC(=O)CSC1CC(=O)N(CC)C1=O.CCNCC.CCOCOCC.CCOCOCNC(=O)CC(C)=O. The van der Waals surface area contributed by atoms with Crippen LogP contribution in [0.1, 0.15) is 268 Å². The first-order valence-electron chi connectivity index (χ1n) is 44.3. The number of amides is 14. The first-order valence-corrected chi connectivity index (χ1v) is 47.5. The predicted molar refractivity (Wildman–Crippen MR) is 491 cm³/mol. The van der Waals surface area contributed by atoms with E-state index in [1.807, 2.05) is 97.1 Å². The number of hydrogen-bond acceptors (Lipinski definition) is 25. The van der Waals surface area contributed by atoms with Gasteiger partial charge in [-0.3, -0.25) is 91.4 Å². The number of carbonyl (C=O) groups excluding carboxylic acids is 16. The molecule has 0 aromatic carbocycles. The molecule has 36 heteroatoms. The van der Waals surface area contributed by atoms with E-state index in [2.05, 4.69) is 94.7 Å². The van der Waals surface area contributed by atoms with Crippen molar-refractivity contribution >= 4 is 130 Å². The average molecular weight is 1800 g/mol. The summed E-state index contributed by atoms with van der Waals surface area (Å²) < 4.78 is 19.4. The molecule has 33 nitrogen and oxygen atoms in total. The number of ketones is 2. The number of ether oxygens (including phenoxy) is 4. The van der Waals surface area contributed by atoms with Crippen LogP contribution in [-0.2, 0) is 95.7 Å². The highest BCUT2D eigenvalue weighted by Crippen LogP contribution is 2.33. The van der Waals surface area contributed by atoms with E-state index in [-0.39, 0.29) is 167 Å². The Kier molecular flexibility index (Phi) is 95.4. The van der Waals surface area contributed by atoms with Gasteiger partial charge in [-0.1, -0.05) is 82.1 Å². The van der Waals surface area contributed by atoms with Crippen molar-refractivity contribution in [2.24, 2.45) is 23.7 Å². The summed E-state index contributed by atoms with van der Waals surface area (Å²) in [5, 5.41) is 26.4. The van der Waals surface area contributed by atoms with Crippen molar-refractivity contribution in [1.82, 2.24) is 67.9 Å². The summed E-state index contributed by atoms with van der Waals surface area (Å²) in [6, 6.07) is 0. The van der Waals surface area contributed by atoms with Gasteiger partial charge in [-0.05, 0) is 191 Å². The van der Waals surface area contributed by atoms with Crippen LogP contribution in [0.15, 0.2) is 0 Å². The number of nitrogens with zero attached hydrogens (tertiary/aromatic N) is 3. The Morgan fingerprint density at radius 2 is 0.697 bits per heavy atom. The molecule has 5 rings (SSSR count). The van der Waals surface area contributed by atoms with Gasteiger partial charge in [0.05, 0.1) is 34.3 Å². The number of thioether (sulfide) groups is 3. The largest absolute Gasteiger partial charge is 0.356 e. The third kappa shape index (κ3) is 73.7. The van der Waals surface area contributed by atoms with E-state index >= 15 is 0 Å². The minimum atomic E-state index is -0.380. The number of likely N-dealkylation sites (N-methyl/N-ethyl adjacent to an activating group) is 1. The average Bonchev–Trinajstić information content (AvgIpc) is 1.70. The second-order valence-corrected chi connectivity index (χ2v) is 31.5. The third-order valence-corrected chi connectivity index (χ3v) is 20.4. The van der Waals surface area contributed by atoms with Crippen LogP contribution in [0, 0.1) is 23.7 Å². The van der Waals surface area contributed by atoms with Crippen molar-refractivity contribution in [2.75, 3.05) is 150 Å². The van der Waals surface area contributed by atoms with Gasteiger partial charge in [0.2, 0.25) is 82.7 Å². The molecular formula is C86H167N13O20S3. The van der Waals surface area contributed by atoms with Gasteiger partial charge in [0, 0.05) is 123 Å². The maximum absolute atomic E-state index is 12.3. The highest BCUT2D eigenvalue weighted by Gasteiger charge is 2.42. The minimum absolute atomic E-state index is 0.00778. The van der Waals surface area contributed by atoms with Gasteiger partial charge in [0.1, 0.15) is 38.4 Å². The molecule has 0 aromatic rings. The van der Waals surface area contributed by atoms with E-state index in [4.69, 9.17) is 18.9 Å². The lowest BCUT2D eigenvalue weighted by molar-refractivity contribution is -0.142. The summed E-state index contributed by atoms with van der Waals surface area (Å²) in [5.41, 5.74) is 0. The van der Waals surface area contributed by atoms with Crippen LogP contribution in [-0.4, -0.2) is 274 Å². The molecular weight excluding hydrogens is 1630 g/mol. The second-order valence-electron chi connectivity index (χ2n) is 27.3. The number of rotatable bonds is 40. The smallest absolute Gasteiger partial charge is 0.243 e. The van der Waals surface area contributed by atoms with E-state index < -0.39 is 0 Å². The molecule has 0 spiro atoms. The van der Waals surface area contributed by atoms with Crippen LogP contribution < -0.4 is 53.2 Å². The van der Waals surface area contributed by atoms with Crippen LogP contribution >= 0.6 is 35.3 Å². The Bertz CT molecular complexity index is 2780. The van der Waals surface area contributed by atoms with E-state index in [1.54, 1.807) is 25.6 Å². The van der Waals surface area contributed by atoms with Crippen molar-refractivity contribution in [2.45, 2.75) is 284 Å². The summed E-state index contributed by atoms with van der Waals surface area (Å²) >= 11 is 4.25. The van der Waals surface area contributed by atoms with Crippen molar-refractivity contribution in [3.05, 3.63) is 0 Å². The Hall–Kier alpha value is -6.67. The molecule has 3 atom stereocenters. The number of hydrogen-bond donors (Lipinski definition) is 10. The topological polar surface area (TPSA) is 440 Å². The summed E-state index contributed by atoms with van der Waals surface area (Å²) in [4.78, 5) is 183. The Morgan fingerprint density at radius 3 is 1.02 bits per heavy atom. The molecule has 3 unspecified atom stereocenters. The molecule has 3 saturated heterocycles. The van der Waals surface area contributed by atoms with Gasteiger partial charge in [0.25, 0.3) is 0 Å². The Morgan fingerprint density at radius 1 is 0.369 bits per heavy atom. The molecule has 5 aliphatic rings. The van der Waals surface area contributed by atoms with Crippen molar-refractivity contribution in [3.8, 4) is 0 Å². The first kappa shape index (κ1) is 128. The molecule has 0 radical (unpaired) electrons. The zero-order valence-corrected chi connectivity index (χ0v) is 81.8. The van der Waals surface area contributed by atoms with Gasteiger partial charge in [-0.2, -0.15) is 0 Å². The Balaban J connectivity index is -0.000000245. The van der Waals surface area contributed by atoms with Gasteiger partial charge in [0.15, 0.2) is 0 Å². The highest BCUT2D eigenvalue weighted by atomic mass is 32.2. The number of Topliss-reactive ketones (excluding diaryl/α,β-unsaturated/α-hetero) is 2. The maximum atomic E-state index is 12.3. The number of imide groups is 3. The monoisotopic (exact) mass is 1800 g/mol. The summed E-state index contributed by atoms with van der Waals surface area (Å²) in [6.45, 7) is 55.2. The number of likely N-dealkylation sites (tertiary alicyclic amines) is 3. The molecule has 714 valence electrons. The van der Waals surface area contributed by atoms with Crippen LogP contribution in [0.5, 0.6) is 0 Å². The lowest BCUT2D eigenvalue weighted by Crippen LogP contribution is -2.40. The summed E-state index contributed by atoms with van der Waals surface area (Å²) in [7, 11) is 1.93. The minimum Gasteiger partial charge on any atom is -0.356 e. The highest BCUT2D eigenvalue weighted by molar-refractivity contribution is 8.01. The van der Waals surface area contributed by atoms with Gasteiger partial charge < -0.3 is 72.1 Å². The predicted octanol–water partition coefficient (Wildman–Crippen LogP) is 8.65. The van der Waals surface area contributed by atoms with Gasteiger partial charge in [-0.15, -0.1) is 35.3 Å². The number of nitrogens with one attached hydrogen (secondary N) is 10. The quantitative estimate of drug-likeness (QED) is 0.0119. The maximum Gasteiger partial charge on any atom is 0.243 e. The lowest BCUT2D eigenvalue weighted by Gasteiger charge is -2.30. The standard InChI is InChI=1S/C16H26N2O3S.C11H21NO.2C10H16N2O3S.C8H15NO4.C6H11NO2.2C5H11NO.C5H12O2.C4H11N.C3H9N.C3H8/c1-3-17-15(20)12-7-5-11(6-8-12)10-18-14(19)9-13(16(18)21)22-4-2;1-3-9-5-7-10(8-6-9)11(13)12-4-2;1-3-11-8(13)6-12-9(14)5-7(10(12)15)16-4-2;1-3-11-8(13)6-16-7-5-9(14)12(4-2)10(7)15;1-3-12-6-13-5-9-8(11)4-7(2)10;1-3-7-6(9)4-5(2)8;2*1-3-5(7)6-4-2;1-3-6-5-7-4-2;1-3-5-4-2;1-3-4-2;1-3-2/h11-13H,3-10H2,1-2H3,(H,17,20);9-10H,3-8H2,1-2H3,(H,12,13);2*7H,3-6H2,1-2H3,(H,11,13);3-6H2,1-2H3,(H,9,11);3-4H2,1-2H3,(H,7,9);2*3-4H2,1-2H3,(H,6,7);3-5H2,1-2H3;5H,3-4H2,1-2H3;4H,3H2,1-2H3;3H2,1-2H3. The molecule has 3 aliphatic heterocycles. The number of carbonyl (C=O) groups is 16. The van der Waals surface area contributed by atoms with Crippen LogP contribution in [0.25, 0.3) is 0 Å². The third-order valence-electron chi connectivity index (χ3n) is 17.0. The normalized spacial score (nSPS) is 17.5. The van der Waals surface area contributed by atoms with E-state index in [0.29, 0.717) is 83.8 Å². The Labute approximate surface area is 746 Å². The first-order chi connectivity index (χ1) is 58.1. The van der Waals surface area contributed by atoms with Crippen LogP contribution in [0.3, 0.4) is 0 Å². The van der Waals surface area contributed by atoms with Crippen LogP contribution in [0.2, 0.25) is 0 Å². The molecule has 0 bridgehead atoms. The van der Waals surface area contributed by atoms with Crippen molar-refractivity contribution < 1.29 is 95.7 Å². The molecule has 122 heavy (non-hydrogen) atoms.